The van der Waals surface area contributed by atoms with Gasteiger partial charge in [-0.1, -0.05) is 42.5 Å². The van der Waals surface area contributed by atoms with Gasteiger partial charge in [-0.15, -0.1) is 0 Å². The molecular weight excluding hydrogens is 342 g/mol. The summed E-state index contributed by atoms with van der Waals surface area (Å²) in [6, 6.07) is 13.2. The van der Waals surface area contributed by atoms with Gasteiger partial charge in [0.05, 0.1) is 0 Å². The summed E-state index contributed by atoms with van der Waals surface area (Å²) in [5, 5.41) is 11.9. The maximum Gasteiger partial charge on any atom is 0.330 e. The van der Waals surface area contributed by atoms with E-state index in [-0.39, 0.29) is 18.6 Å². The van der Waals surface area contributed by atoms with Crippen molar-refractivity contribution in [1.82, 2.24) is 5.32 Å². The SMILES string of the molecule is O=C(CCC(=O)c1ccc2c(c1)CCCC2)NC(C(=O)O)c1ccccc1. The molecule has 2 aromatic carbocycles. The molecule has 0 fully saturated rings. The maximum absolute atomic E-state index is 12.4. The van der Waals surface area contributed by atoms with Crippen LogP contribution >= 0.6 is 0 Å². The van der Waals surface area contributed by atoms with Crippen molar-refractivity contribution in [2.45, 2.75) is 44.6 Å². The number of carbonyl (C=O) groups is 3. The Hall–Kier alpha value is -2.95. The molecular formula is C22H23NO4. The highest BCUT2D eigenvalue weighted by Crippen LogP contribution is 2.23. The van der Waals surface area contributed by atoms with Crippen LogP contribution in [0.2, 0.25) is 0 Å². The van der Waals surface area contributed by atoms with Gasteiger partial charge in [0, 0.05) is 18.4 Å². The molecule has 2 aromatic rings. The topological polar surface area (TPSA) is 83.5 Å². The molecule has 0 saturated carbocycles. The van der Waals surface area contributed by atoms with Crippen molar-refractivity contribution in [1.29, 1.82) is 0 Å². The molecule has 2 N–H and O–H groups in total. The van der Waals surface area contributed by atoms with Crippen molar-refractivity contribution < 1.29 is 19.5 Å². The second-order valence-electron chi connectivity index (χ2n) is 6.86. The summed E-state index contributed by atoms with van der Waals surface area (Å²) in [7, 11) is 0. The third kappa shape index (κ3) is 4.82. The summed E-state index contributed by atoms with van der Waals surface area (Å²) in [6.07, 6.45) is 4.41. The first-order valence-electron chi connectivity index (χ1n) is 9.26. The predicted molar refractivity (Wildman–Crippen MR) is 102 cm³/mol. The number of Topliss-reactive ketones (excluding diaryl/α,β-unsaturated/α-hetero) is 1. The lowest BCUT2D eigenvalue weighted by molar-refractivity contribution is -0.142. The van der Waals surface area contributed by atoms with Crippen LogP contribution in [0.1, 0.15) is 58.8 Å². The van der Waals surface area contributed by atoms with E-state index in [4.69, 9.17) is 0 Å². The number of carbonyl (C=O) groups excluding carboxylic acids is 2. The van der Waals surface area contributed by atoms with Crippen molar-refractivity contribution >= 4 is 17.7 Å². The normalized spacial score (nSPS) is 14.1. The van der Waals surface area contributed by atoms with Crippen LogP contribution in [0, 0.1) is 0 Å². The maximum atomic E-state index is 12.4. The van der Waals surface area contributed by atoms with Crippen LogP contribution in [-0.2, 0) is 22.4 Å². The molecule has 0 heterocycles. The summed E-state index contributed by atoms with van der Waals surface area (Å²) in [5.74, 6) is -1.67. The first-order chi connectivity index (χ1) is 13.0. The average molecular weight is 365 g/mol. The van der Waals surface area contributed by atoms with Crippen LogP contribution < -0.4 is 5.32 Å². The van der Waals surface area contributed by atoms with Crippen LogP contribution in [0.15, 0.2) is 48.5 Å². The van der Waals surface area contributed by atoms with Crippen molar-refractivity contribution in [2.75, 3.05) is 0 Å². The van der Waals surface area contributed by atoms with Gasteiger partial charge in [0.2, 0.25) is 5.91 Å². The number of carboxylic acids is 1. The van der Waals surface area contributed by atoms with Crippen LogP contribution in [-0.4, -0.2) is 22.8 Å². The van der Waals surface area contributed by atoms with E-state index in [1.165, 1.54) is 17.5 Å². The van der Waals surface area contributed by atoms with E-state index in [1.54, 1.807) is 30.3 Å². The molecule has 0 aliphatic heterocycles. The van der Waals surface area contributed by atoms with Gasteiger partial charge in [-0.25, -0.2) is 4.79 Å². The minimum Gasteiger partial charge on any atom is -0.479 e. The monoisotopic (exact) mass is 365 g/mol. The third-order valence-electron chi connectivity index (χ3n) is 4.93. The fraction of sp³-hybridized carbons (Fsp3) is 0.318. The van der Waals surface area contributed by atoms with E-state index in [1.807, 2.05) is 18.2 Å². The van der Waals surface area contributed by atoms with Gasteiger partial charge in [-0.05, 0) is 48.4 Å². The summed E-state index contributed by atoms with van der Waals surface area (Å²) in [5.41, 5.74) is 3.66. The molecule has 140 valence electrons. The average Bonchev–Trinajstić information content (AvgIpc) is 2.70. The molecule has 0 radical (unpaired) electrons. The van der Waals surface area contributed by atoms with E-state index >= 15 is 0 Å². The standard InChI is InChI=1S/C22H23NO4/c24-19(18-11-10-15-6-4-5-9-17(15)14-18)12-13-20(25)23-21(22(26)27)16-7-2-1-3-8-16/h1-3,7-8,10-11,14,21H,4-6,9,12-13H2,(H,23,25)(H,26,27). The Labute approximate surface area is 158 Å². The molecule has 5 nitrogen and oxygen atoms in total. The molecule has 1 amide bonds. The minimum absolute atomic E-state index is 0.0352. The first kappa shape index (κ1) is 18.8. The van der Waals surface area contributed by atoms with Gasteiger partial charge >= 0.3 is 5.97 Å². The zero-order valence-corrected chi connectivity index (χ0v) is 15.1. The highest BCUT2D eigenvalue weighted by molar-refractivity contribution is 5.98. The number of benzene rings is 2. The summed E-state index contributed by atoms with van der Waals surface area (Å²) >= 11 is 0. The highest BCUT2D eigenvalue weighted by atomic mass is 16.4. The number of aryl methyl sites for hydroxylation is 2. The summed E-state index contributed by atoms with van der Waals surface area (Å²) in [4.78, 5) is 36.1. The second-order valence-corrected chi connectivity index (χ2v) is 6.86. The largest absolute Gasteiger partial charge is 0.479 e. The summed E-state index contributed by atoms with van der Waals surface area (Å²) < 4.78 is 0. The molecule has 1 atom stereocenters. The lowest BCUT2D eigenvalue weighted by Crippen LogP contribution is -2.33. The van der Waals surface area contributed by atoms with Crippen LogP contribution in [0.4, 0.5) is 0 Å². The number of nitrogens with one attached hydrogen (secondary N) is 1. The molecule has 3 rings (SSSR count). The molecule has 0 saturated heterocycles. The Bertz CT molecular complexity index is 845. The third-order valence-corrected chi connectivity index (χ3v) is 4.93. The van der Waals surface area contributed by atoms with Gasteiger partial charge in [-0.2, -0.15) is 0 Å². The Kier molecular flexibility index (Phi) is 6.01. The number of ketones is 1. The van der Waals surface area contributed by atoms with E-state index < -0.39 is 17.9 Å². The quantitative estimate of drug-likeness (QED) is 0.736. The molecule has 0 spiro atoms. The number of carboxylic acid groups (broad SMARTS) is 1. The number of hydrogen-bond acceptors (Lipinski definition) is 3. The van der Waals surface area contributed by atoms with Gasteiger partial charge in [0.15, 0.2) is 11.8 Å². The highest BCUT2D eigenvalue weighted by Gasteiger charge is 2.22. The fourth-order valence-electron chi connectivity index (χ4n) is 3.44. The zero-order chi connectivity index (χ0) is 19.2. The number of hydrogen-bond donors (Lipinski definition) is 2. The Morgan fingerprint density at radius 3 is 2.33 bits per heavy atom. The van der Waals surface area contributed by atoms with Gasteiger partial charge in [0.1, 0.15) is 0 Å². The van der Waals surface area contributed by atoms with E-state index in [2.05, 4.69) is 5.32 Å². The zero-order valence-electron chi connectivity index (χ0n) is 15.1. The molecule has 1 aliphatic rings. The van der Waals surface area contributed by atoms with Gasteiger partial charge in [-0.3, -0.25) is 9.59 Å². The van der Waals surface area contributed by atoms with Crippen molar-refractivity contribution in [3.05, 3.63) is 70.8 Å². The number of rotatable bonds is 7. The van der Waals surface area contributed by atoms with E-state index in [0.717, 1.165) is 19.3 Å². The van der Waals surface area contributed by atoms with Gasteiger partial charge in [0.25, 0.3) is 0 Å². The predicted octanol–water partition coefficient (Wildman–Crippen LogP) is 3.47. The van der Waals surface area contributed by atoms with Crippen LogP contribution in [0.5, 0.6) is 0 Å². The molecule has 1 unspecified atom stereocenters. The lowest BCUT2D eigenvalue weighted by Gasteiger charge is -2.16. The Morgan fingerprint density at radius 2 is 1.63 bits per heavy atom. The van der Waals surface area contributed by atoms with Crippen molar-refractivity contribution in [2.24, 2.45) is 0 Å². The van der Waals surface area contributed by atoms with Crippen molar-refractivity contribution in [3.8, 4) is 0 Å². The Morgan fingerprint density at radius 1 is 0.926 bits per heavy atom. The molecule has 27 heavy (non-hydrogen) atoms. The van der Waals surface area contributed by atoms with Crippen LogP contribution in [0.25, 0.3) is 0 Å². The molecule has 5 heteroatoms. The number of amides is 1. The lowest BCUT2D eigenvalue weighted by atomic mass is 9.89. The fourth-order valence-corrected chi connectivity index (χ4v) is 3.44. The number of fused-ring (bicyclic) bond motifs is 1. The summed E-state index contributed by atoms with van der Waals surface area (Å²) in [6.45, 7) is 0. The smallest absolute Gasteiger partial charge is 0.330 e. The van der Waals surface area contributed by atoms with Crippen LogP contribution in [0.3, 0.4) is 0 Å². The van der Waals surface area contributed by atoms with E-state index in [9.17, 15) is 19.5 Å². The number of aliphatic carboxylic acids is 1. The Balaban J connectivity index is 1.58. The molecule has 0 bridgehead atoms. The second kappa shape index (κ2) is 8.62. The van der Waals surface area contributed by atoms with E-state index in [0.29, 0.717) is 11.1 Å². The molecule has 1 aliphatic carbocycles. The first-order valence-corrected chi connectivity index (χ1v) is 9.26. The van der Waals surface area contributed by atoms with Gasteiger partial charge < -0.3 is 10.4 Å². The molecule has 0 aromatic heterocycles. The van der Waals surface area contributed by atoms with Crippen molar-refractivity contribution in [3.63, 3.8) is 0 Å². The minimum atomic E-state index is -1.13.